The molecule has 86 valence electrons. The lowest BCUT2D eigenvalue weighted by Gasteiger charge is -2.05. The van der Waals surface area contributed by atoms with Crippen LogP contribution in [0.5, 0.6) is 5.75 Å². The number of hydrogen-bond donors (Lipinski definition) is 1. The molecule has 0 saturated heterocycles. The van der Waals surface area contributed by atoms with Crippen molar-refractivity contribution in [3.05, 3.63) is 48.3 Å². The molecule has 0 spiro atoms. The van der Waals surface area contributed by atoms with Gasteiger partial charge in [-0.05, 0) is 11.6 Å². The van der Waals surface area contributed by atoms with Gasteiger partial charge in [0.1, 0.15) is 5.75 Å². The van der Waals surface area contributed by atoms with Crippen LogP contribution in [0.1, 0.15) is 10.5 Å². The van der Waals surface area contributed by atoms with E-state index in [0.717, 1.165) is 11.1 Å². The van der Waals surface area contributed by atoms with Gasteiger partial charge in [0.05, 0.1) is 7.11 Å². The minimum absolute atomic E-state index is 0.0767. The third-order valence-electron chi connectivity index (χ3n) is 2.35. The van der Waals surface area contributed by atoms with Crippen molar-refractivity contribution >= 4 is 5.97 Å². The number of pyridine rings is 1. The van der Waals surface area contributed by atoms with E-state index in [2.05, 4.69) is 9.72 Å². The largest absolute Gasteiger partial charge is 0.505 e. The molecular weight excluding hydrogens is 218 g/mol. The predicted molar refractivity (Wildman–Crippen MR) is 62.7 cm³/mol. The third-order valence-corrected chi connectivity index (χ3v) is 2.35. The molecule has 1 aromatic heterocycles. The van der Waals surface area contributed by atoms with Crippen LogP contribution in [0.25, 0.3) is 11.1 Å². The number of hydrogen-bond acceptors (Lipinski definition) is 4. The zero-order valence-electron chi connectivity index (χ0n) is 9.25. The number of rotatable bonds is 2. The lowest BCUT2D eigenvalue weighted by Crippen LogP contribution is -2.04. The standard InChI is InChI=1S/C13H11NO3/c1-17-13(16)12-11(15)7-10(8-14-12)9-5-3-2-4-6-9/h2-8,15H,1H3. The van der Waals surface area contributed by atoms with Gasteiger partial charge in [0.2, 0.25) is 0 Å². The van der Waals surface area contributed by atoms with Crippen molar-refractivity contribution in [3.8, 4) is 16.9 Å². The van der Waals surface area contributed by atoms with Crippen molar-refractivity contribution in [2.45, 2.75) is 0 Å². The molecule has 0 radical (unpaired) electrons. The Bertz CT molecular complexity index is 538. The van der Waals surface area contributed by atoms with Gasteiger partial charge in [0.15, 0.2) is 5.69 Å². The number of ether oxygens (including phenoxy) is 1. The fourth-order valence-electron chi connectivity index (χ4n) is 1.50. The van der Waals surface area contributed by atoms with Crippen molar-refractivity contribution in [2.75, 3.05) is 7.11 Å². The molecule has 1 heterocycles. The molecule has 0 unspecified atom stereocenters. The quantitative estimate of drug-likeness (QED) is 0.802. The lowest BCUT2D eigenvalue weighted by molar-refractivity contribution is 0.0590. The summed E-state index contributed by atoms with van der Waals surface area (Å²) in [5, 5.41) is 9.69. The van der Waals surface area contributed by atoms with Crippen LogP contribution in [0.15, 0.2) is 42.6 Å². The summed E-state index contributed by atoms with van der Waals surface area (Å²) in [6.45, 7) is 0. The maximum Gasteiger partial charge on any atom is 0.360 e. The van der Waals surface area contributed by atoms with E-state index in [4.69, 9.17) is 0 Å². The molecule has 2 aromatic rings. The molecular formula is C13H11NO3. The number of esters is 1. The molecule has 1 N–H and O–H groups in total. The second-order valence-electron chi connectivity index (χ2n) is 3.45. The fourth-order valence-corrected chi connectivity index (χ4v) is 1.50. The Morgan fingerprint density at radius 2 is 1.94 bits per heavy atom. The summed E-state index contributed by atoms with van der Waals surface area (Å²) < 4.78 is 4.50. The number of nitrogens with zero attached hydrogens (tertiary/aromatic N) is 1. The van der Waals surface area contributed by atoms with Gasteiger partial charge < -0.3 is 9.84 Å². The minimum atomic E-state index is -0.651. The topological polar surface area (TPSA) is 59.4 Å². The molecule has 0 amide bonds. The summed E-state index contributed by atoms with van der Waals surface area (Å²) in [6.07, 6.45) is 1.53. The first-order valence-corrected chi connectivity index (χ1v) is 5.05. The monoisotopic (exact) mass is 229 g/mol. The Hall–Kier alpha value is -2.36. The van der Waals surface area contributed by atoms with Crippen molar-refractivity contribution in [2.24, 2.45) is 0 Å². The molecule has 4 heteroatoms. The van der Waals surface area contributed by atoms with Gasteiger partial charge in [-0.3, -0.25) is 0 Å². The molecule has 0 aliphatic rings. The molecule has 0 aliphatic heterocycles. The van der Waals surface area contributed by atoms with Gasteiger partial charge in [0.25, 0.3) is 0 Å². The van der Waals surface area contributed by atoms with Gasteiger partial charge in [-0.25, -0.2) is 9.78 Å². The molecule has 0 bridgehead atoms. The summed E-state index contributed by atoms with van der Waals surface area (Å²) in [4.78, 5) is 15.1. The van der Waals surface area contributed by atoms with Gasteiger partial charge in [-0.2, -0.15) is 0 Å². The van der Waals surface area contributed by atoms with E-state index >= 15 is 0 Å². The molecule has 0 aliphatic carbocycles. The van der Waals surface area contributed by atoms with E-state index in [1.807, 2.05) is 30.3 Å². The normalized spacial score (nSPS) is 9.94. The second-order valence-corrected chi connectivity index (χ2v) is 3.45. The summed E-state index contributed by atoms with van der Waals surface area (Å²) in [5.41, 5.74) is 1.59. The number of carbonyl (C=O) groups is 1. The summed E-state index contributed by atoms with van der Waals surface area (Å²) >= 11 is 0. The summed E-state index contributed by atoms with van der Waals surface area (Å²) in [5.74, 6) is -0.833. The van der Waals surface area contributed by atoms with Crippen LogP contribution in [0.4, 0.5) is 0 Å². The molecule has 4 nitrogen and oxygen atoms in total. The number of aromatic nitrogens is 1. The van der Waals surface area contributed by atoms with E-state index in [-0.39, 0.29) is 11.4 Å². The van der Waals surface area contributed by atoms with E-state index in [1.54, 1.807) is 0 Å². The lowest BCUT2D eigenvalue weighted by atomic mass is 10.1. The average molecular weight is 229 g/mol. The highest BCUT2D eigenvalue weighted by atomic mass is 16.5. The Balaban J connectivity index is 2.41. The van der Waals surface area contributed by atoms with Crippen molar-refractivity contribution in [3.63, 3.8) is 0 Å². The fraction of sp³-hybridized carbons (Fsp3) is 0.0769. The van der Waals surface area contributed by atoms with E-state index in [0.29, 0.717) is 0 Å². The predicted octanol–water partition coefficient (Wildman–Crippen LogP) is 2.24. The van der Waals surface area contributed by atoms with Crippen LogP contribution < -0.4 is 0 Å². The SMILES string of the molecule is COC(=O)c1ncc(-c2ccccc2)cc1O. The zero-order chi connectivity index (χ0) is 12.3. The summed E-state index contributed by atoms with van der Waals surface area (Å²) in [7, 11) is 1.24. The average Bonchev–Trinajstić information content (AvgIpc) is 2.39. The first-order valence-electron chi connectivity index (χ1n) is 5.05. The van der Waals surface area contributed by atoms with Crippen molar-refractivity contribution in [1.29, 1.82) is 0 Å². The van der Waals surface area contributed by atoms with E-state index in [9.17, 15) is 9.90 Å². The van der Waals surface area contributed by atoms with E-state index < -0.39 is 5.97 Å². The zero-order valence-corrected chi connectivity index (χ0v) is 9.25. The van der Waals surface area contributed by atoms with Gasteiger partial charge in [-0.15, -0.1) is 0 Å². The van der Waals surface area contributed by atoms with Crippen LogP contribution in [0.3, 0.4) is 0 Å². The first kappa shape index (κ1) is 11.1. The minimum Gasteiger partial charge on any atom is -0.505 e. The Labute approximate surface area is 98.5 Å². The Morgan fingerprint density at radius 1 is 1.24 bits per heavy atom. The van der Waals surface area contributed by atoms with Gasteiger partial charge in [-0.1, -0.05) is 30.3 Å². The van der Waals surface area contributed by atoms with Crippen LogP contribution >= 0.6 is 0 Å². The Kier molecular flexibility index (Phi) is 3.05. The highest BCUT2D eigenvalue weighted by molar-refractivity contribution is 5.90. The van der Waals surface area contributed by atoms with Gasteiger partial charge in [0, 0.05) is 11.8 Å². The van der Waals surface area contributed by atoms with Crippen molar-refractivity contribution < 1.29 is 14.6 Å². The number of benzene rings is 1. The molecule has 1 aromatic carbocycles. The van der Waals surface area contributed by atoms with Gasteiger partial charge >= 0.3 is 5.97 Å². The van der Waals surface area contributed by atoms with E-state index in [1.165, 1.54) is 19.4 Å². The first-order chi connectivity index (χ1) is 8.22. The second kappa shape index (κ2) is 4.65. The maximum atomic E-state index is 11.2. The highest BCUT2D eigenvalue weighted by Gasteiger charge is 2.13. The molecule has 2 rings (SSSR count). The smallest absolute Gasteiger partial charge is 0.360 e. The Morgan fingerprint density at radius 3 is 2.53 bits per heavy atom. The molecule has 0 fully saturated rings. The van der Waals surface area contributed by atoms with Crippen LogP contribution in [-0.2, 0) is 4.74 Å². The highest BCUT2D eigenvalue weighted by Crippen LogP contribution is 2.24. The number of carbonyl (C=O) groups excluding carboxylic acids is 1. The van der Waals surface area contributed by atoms with Crippen molar-refractivity contribution in [1.82, 2.24) is 4.98 Å². The molecule has 17 heavy (non-hydrogen) atoms. The molecule has 0 saturated carbocycles. The summed E-state index contributed by atoms with van der Waals surface area (Å²) in [6, 6.07) is 11.0. The van der Waals surface area contributed by atoms with Crippen LogP contribution in [-0.4, -0.2) is 23.2 Å². The third kappa shape index (κ3) is 2.25. The van der Waals surface area contributed by atoms with Crippen LogP contribution in [0, 0.1) is 0 Å². The van der Waals surface area contributed by atoms with Crippen LogP contribution in [0.2, 0.25) is 0 Å². The maximum absolute atomic E-state index is 11.2. The number of aromatic hydroxyl groups is 1. The number of methoxy groups -OCH3 is 1. The molecule has 0 atom stereocenters.